The number of methoxy groups -OCH3 is 2. The number of ketones is 1. The van der Waals surface area contributed by atoms with Gasteiger partial charge in [-0.3, -0.25) is 9.59 Å². The summed E-state index contributed by atoms with van der Waals surface area (Å²) in [5.41, 5.74) is 1.96. The third kappa shape index (κ3) is 4.54. The first-order chi connectivity index (χ1) is 14.2. The number of hydrogen-bond acceptors (Lipinski definition) is 5. The fourth-order valence-electron chi connectivity index (χ4n) is 3.18. The van der Waals surface area contributed by atoms with Gasteiger partial charge in [-0.15, -0.1) is 0 Å². The van der Waals surface area contributed by atoms with Gasteiger partial charge in [0.1, 0.15) is 22.8 Å². The lowest BCUT2D eigenvalue weighted by Gasteiger charge is -2.29. The Bertz CT molecular complexity index is 1050. The Morgan fingerprint density at radius 1 is 1.07 bits per heavy atom. The van der Waals surface area contributed by atoms with Crippen LogP contribution in [0.1, 0.15) is 42.3 Å². The van der Waals surface area contributed by atoms with Gasteiger partial charge in [0.25, 0.3) is 0 Å². The van der Waals surface area contributed by atoms with Crippen LogP contribution in [-0.2, 0) is 4.79 Å². The average molecular weight is 407 g/mol. The lowest BCUT2D eigenvalue weighted by molar-refractivity contribution is -0.114. The SMILES string of the molecule is COc1ccc(C=CC(=O)c2ccc(OC)c3c2OC(C)(C)C=C3)cc1NC(C)=O. The molecule has 0 atom stereocenters. The maximum absolute atomic E-state index is 13.0. The summed E-state index contributed by atoms with van der Waals surface area (Å²) in [7, 11) is 3.11. The van der Waals surface area contributed by atoms with E-state index in [0.717, 1.165) is 11.1 Å². The monoisotopic (exact) mass is 407 g/mol. The second-order valence-electron chi connectivity index (χ2n) is 7.44. The number of ether oxygens (including phenoxy) is 3. The summed E-state index contributed by atoms with van der Waals surface area (Å²) in [6, 6.07) is 8.75. The van der Waals surface area contributed by atoms with Crippen molar-refractivity contribution in [1.82, 2.24) is 0 Å². The Morgan fingerprint density at radius 2 is 1.77 bits per heavy atom. The van der Waals surface area contributed by atoms with Gasteiger partial charge in [-0.05, 0) is 61.9 Å². The maximum Gasteiger partial charge on any atom is 0.221 e. The fraction of sp³-hybridized carbons (Fsp3) is 0.250. The summed E-state index contributed by atoms with van der Waals surface area (Å²) in [4.78, 5) is 24.4. The number of allylic oxidation sites excluding steroid dienone is 1. The molecule has 0 unspecified atom stereocenters. The van der Waals surface area contributed by atoms with E-state index in [1.165, 1.54) is 20.1 Å². The van der Waals surface area contributed by atoms with Gasteiger partial charge in [-0.2, -0.15) is 0 Å². The summed E-state index contributed by atoms with van der Waals surface area (Å²) < 4.78 is 16.7. The Labute approximate surface area is 176 Å². The number of rotatable bonds is 6. The van der Waals surface area contributed by atoms with Crippen molar-refractivity contribution in [3.05, 3.63) is 59.2 Å². The van der Waals surface area contributed by atoms with Crippen molar-refractivity contribution in [2.45, 2.75) is 26.4 Å². The Balaban J connectivity index is 1.93. The Kier molecular flexibility index (Phi) is 5.96. The number of carbonyl (C=O) groups excluding carboxylic acids is 2. The van der Waals surface area contributed by atoms with E-state index in [0.29, 0.717) is 28.5 Å². The van der Waals surface area contributed by atoms with E-state index in [1.54, 1.807) is 43.5 Å². The summed E-state index contributed by atoms with van der Waals surface area (Å²) >= 11 is 0. The number of carbonyl (C=O) groups is 2. The van der Waals surface area contributed by atoms with Crippen LogP contribution >= 0.6 is 0 Å². The molecule has 0 radical (unpaired) electrons. The standard InChI is InChI=1S/C24H25NO5/c1-15(26)25-19-14-16(7-10-22(19)29-5)6-9-20(27)17-8-11-21(28-4)18-12-13-24(2,3)30-23(17)18/h6-14H,1-5H3,(H,25,26). The van der Waals surface area contributed by atoms with Crippen molar-refractivity contribution in [2.24, 2.45) is 0 Å². The van der Waals surface area contributed by atoms with Gasteiger partial charge in [0.05, 0.1) is 31.0 Å². The first kappa shape index (κ1) is 21.2. The van der Waals surface area contributed by atoms with Crippen LogP contribution in [-0.4, -0.2) is 31.5 Å². The minimum atomic E-state index is -0.526. The van der Waals surface area contributed by atoms with Crippen molar-refractivity contribution >= 4 is 29.5 Å². The molecule has 2 aromatic carbocycles. The first-order valence-corrected chi connectivity index (χ1v) is 9.51. The Morgan fingerprint density at radius 3 is 2.43 bits per heavy atom. The second-order valence-corrected chi connectivity index (χ2v) is 7.44. The van der Waals surface area contributed by atoms with Crippen LogP contribution in [0.25, 0.3) is 12.2 Å². The number of hydrogen-bond donors (Lipinski definition) is 1. The quantitative estimate of drug-likeness (QED) is 0.553. The zero-order valence-electron chi connectivity index (χ0n) is 17.7. The van der Waals surface area contributed by atoms with E-state index in [-0.39, 0.29) is 11.7 Å². The van der Waals surface area contributed by atoms with Crippen LogP contribution in [0.2, 0.25) is 0 Å². The van der Waals surface area contributed by atoms with E-state index in [1.807, 2.05) is 26.0 Å². The van der Waals surface area contributed by atoms with E-state index < -0.39 is 5.60 Å². The summed E-state index contributed by atoms with van der Waals surface area (Å²) in [5.74, 6) is 1.29. The lowest BCUT2D eigenvalue weighted by atomic mass is 9.97. The highest BCUT2D eigenvalue weighted by Gasteiger charge is 2.27. The van der Waals surface area contributed by atoms with Crippen LogP contribution in [0.3, 0.4) is 0 Å². The summed E-state index contributed by atoms with van der Waals surface area (Å²) in [5, 5.41) is 2.72. The number of amides is 1. The fourth-order valence-corrected chi connectivity index (χ4v) is 3.18. The van der Waals surface area contributed by atoms with Crippen molar-refractivity contribution in [3.8, 4) is 17.2 Å². The molecule has 0 aliphatic carbocycles. The summed E-state index contributed by atoms with van der Waals surface area (Å²) in [6.45, 7) is 5.28. The number of nitrogens with one attached hydrogen (secondary N) is 1. The zero-order chi connectivity index (χ0) is 21.9. The highest BCUT2D eigenvalue weighted by atomic mass is 16.5. The van der Waals surface area contributed by atoms with Gasteiger partial charge in [0, 0.05) is 6.92 Å². The molecule has 6 heteroatoms. The largest absolute Gasteiger partial charge is 0.496 e. The van der Waals surface area contributed by atoms with Crippen LogP contribution in [0.5, 0.6) is 17.2 Å². The number of anilines is 1. The minimum Gasteiger partial charge on any atom is -0.496 e. The minimum absolute atomic E-state index is 0.197. The smallest absolute Gasteiger partial charge is 0.221 e. The van der Waals surface area contributed by atoms with E-state index >= 15 is 0 Å². The molecule has 2 aromatic rings. The maximum atomic E-state index is 13.0. The highest BCUT2D eigenvalue weighted by molar-refractivity contribution is 6.09. The van der Waals surface area contributed by atoms with E-state index in [4.69, 9.17) is 14.2 Å². The van der Waals surface area contributed by atoms with Gasteiger partial charge in [0.15, 0.2) is 5.78 Å². The second kappa shape index (κ2) is 8.45. The summed E-state index contributed by atoms with van der Waals surface area (Å²) in [6.07, 6.45) is 7.02. The number of fused-ring (bicyclic) bond motifs is 1. The molecule has 1 N–H and O–H groups in total. The van der Waals surface area contributed by atoms with Crippen molar-refractivity contribution in [3.63, 3.8) is 0 Å². The normalized spacial score (nSPS) is 14.0. The Hall–Kier alpha value is -3.54. The molecule has 1 amide bonds. The molecule has 1 aliphatic rings. The molecule has 0 aromatic heterocycles. The molecule has 6 nitrogen and oxygen atoms in total. The van der Waals surface area contributed by atoms with E-state index in [2.05, 4.69) is 5.32 Å². The van der Waals surface area contributed by atoms with Crippen molar-refractivity contribution in [1.29, 1.82) is 0 Å². The third-order valence-electron chi connectivity index (χ3n) is 4.62. The van der Waals surface area contributed by atoms with Gasteiger partial charge in [-0.25, -0.2) is 0 Å². The number of benzene rings is 2. The van der Waals surface area contributed by atoms with E-state index in [9.17, 15) is 9.59 Å². The van der Waals surface area contributed by atoms with Crippen molar-refractivity contribution < 1.29 is 23.8 Å². The van der Waals surface area contributed by atoms with Crippen LogP contribution in [0, 0.1) is 0 Å². The van der Waals surface area contributed by atoms with Gasteiger partial charge in [0.2, 0.25) is 5.91 Å². The molecule has 1 aliphatic heterocycles. The molecular weight excluding hydrogens is 382 g/mol. The molecule has 0 saturated carbocycles. The molecule has 0 saturated heterocycles. The van der Waals surface area contributed by atoms with Gasteiger partial charge >= 0.3 is 0 Å². The van der Waals surface area contributed by atoms with Crippen LogP contribution in [0.4, 0.5) is 5.69 Å². The molecule has 1 heterocycles. The predicted molar refractivity (Wildman–Crippen MR) is 117 cm³/mol. The van der Waals surface area contributed by atoms with Crippen LogP contribution in [0.15, 0.2) is 42.5 Å². The molecule has 3 rings (SSSR count). The molecule has 156 valence electrons. The first-order valence-electron chi connectivity index (χ1n) is 9.51. The molecular formula is C24H25NO5. The predicted octanol–water partition coefficient (Wildman–Crippen LogP) is 4.74. The average Bonchev–Trinajstić information content (AvgIpc) is 2.70. The molecule has 30 heavy (non-hydrogen) atoms. The highest BCUT2D eigenvalue weighted by Crippen LogP contribution is 2.40. The molecule has 0 bridgehead atoms. The lowest BCUT2D eigenvalue weighted by Crippen LogP contribution is -2.28. The van der Waals surface area contributed by atoms with Gasteiger partial charge in [-0.1, -0.05) is 12.1 Å². The van der Waals surface area contributed by atoms with Crippen molar-refractivity contribution in [2.75, 3.05) is 19.5 Å². The van der Waals surface area contributed by atoms with Gasteiger partial charge < -0.3 is 19.5 Å². The van der Waals surface area contributed by atoms with Crippen LogP contribution < -0.4 is 19.5 Å². The molecule has 0 spiro atoms. The topological polar surface area (TPSA) is 73.9 Å². The molecule has 0 fully saturated rings. The third-order valence-corrected chi connectivity index (χ3v) is 4.62. The zero-order valence-corrected chi connectivity index (χ0v) is 17.7.